The van der Waals surface area contributed by atoms with Crippen LogP contribution < -0.4 is 10.1 Å². The van der Waals surface area contributed by atoms with Crippen molar-refractivity contribution in [2.45, 2.75) is 31.7 Å². The summed E-state index contributed by atoms with van der Waals surface area (Å²) >= 11 is 7.39. The lowest BCUT2D eigenvalue weighted by atomic mass is 9.96. The van der Waals surface area contributed by atoms with Gasteiger partial charge in [-0.2, -0.15) is 0 Å². The maximum atomic E-state index is 13.2. The van der Waals surface area contributed by atoms with Crippen LogP contribution in [-0.4, -0.2) is 26.4 Å². The largest absolute Gasteiger partial charge is 0.484 e. The topological polar surface area (TPSA) is 69.0 Å². The van der Waals surface area contributed by atoms with Crippen molar-refractivity contribution < 1.29 is 13.9 Å². The molecule has 0 saturated heterocycles. The van der Waals surface area contributed by atoms with Crippen LogP contribution in [-0.2, 0) is 18.4 Å². The van der Waals surface area contributed by atoms with Crippen LogP contribution >= 0.6 is 23.4 Å². The summed E-state index contributed by atoms with van der Waals surface area (Å²) in [6, 6.07) is 13.2. The fourth-order valence-electron chi connectivity index (χ4n) is 2.95. The van der Waals surface area contributed by atoms with Gasteiger partial charge < -0.3 is 14.6 Å². The average molecular weight is 463 g/mol. The van der Waals surface area contributed by atoms with E-state index in [2.05, 4.69) is 15.5 Å². The number of amides is 1. The summed E-state index contributed by atoms with van der Waals surface area (Å²) in [5.41, 5.74) is 0.868. The number of hydrogen-bond acceptors (Lipinski definition) is 5. The molecule has 1 unspecified atom stereocenters. The van der Waals surface area contributed by atoms with Crippen molar-refractivity contribution >= 4 is 29.3 Å². The molecule has 1 N–H and O–H groups in total. The number of carbonyl (C=O) groups excluding carboxylic acids is 1. The lowest BCUT2D eigenvalue weighted by molar-refractivity contribution is -0.119. The highest BCUT2D eigenvalue weighted by molar-refractivity contribution is 7.99. The van der Waals surface area contributed by atoms with Crippen molar-refractivity contribution in [1.82, 2.24) is 20.1 Å². The molecule has 0 bridgehead atoms. The first-order valence-electron chi connectivity index (χ1n) is 9.78. The first kappa shape index (κ1) is 23.1. The van der Waals surface area contributed by atoms with Crippen LogP contribution in [0.5, 0.6) is 5.75 Å². The van der Waals surface area contributed by atoms with E-state index < -0.39 is 0 Å². The molecule has 0 spiro atoms. The molecule has 1 heterocycles. The number of para-hydroxylation sites is 1. The Labute approximate surface area is 190 Å². The normalized spacial score (nSPS) is 12.1. The summed E-state index contributed by atoms with van der Waals surface area (Å²) in [5, 5.41) is 12.4. The molecule has 9 heteroatoms. The molecule has 3 aromatic rings. The van der Waals surface area contributed by atoms with Crippen molar-refractivity contribution in [2.75, 3.05) is 5.75 Å². The molecule has 0 aliphatic carbocycles. The smallest absolute Gasteiger partial charge is 0.230 e. The Morgan fingerprint density at radius 2 is 1.90 bits per heavy atom. The van der Waals surface area contributed by atoms with E-state index in [0.717, 1.165) is 5.56 Å². The van der Waals surface area contributed by atoms with Crippen LogP contribution in [0.1, 0.15) is 31.3 Å². The lowest BCUT2D eigenvalue weighted by Gasteiger charge is -2.23. The van der Waals surface area contributed by atoms with E-state index in [9.17, 15) is 9.18 Å². The van der Waals surface area contributed by atoms with E-state index in [4.69, 9.17) is 16.3 Å². The zero-order chi connectivity index (χ0) is 22.4. The van der Waals surface area contributed by atoms with Gasteiger partial charge in [-0.25, -0.2) is 4.39 Å². The molecule has 0 fully saturated rings. The minimum atomic E-state index is -0.301. The van der Waals surface area contributed by atoms with E-state index in [0.29, 0.717) is 21.8 Å². The number of aromatic nitrogens is 3. The third kappa shape index (κ3) is 6.21. The number of thioether (sulfide) groups is 1. The van der Waals surface area contributed by atoms with Gasteiger partial charge in [-0.1, -0.05) is 61.5 Å². The molecule has 0 saturated carbocycles. The third-order valence-electron chi connectivity index (χ3n) is 4.66. The SMILES string of the molecule is CC(C)C(NC(=O)CSc1nnc(COc2ccccc2Cl)n1C)c1ccc(F)cc1. The highest BCUT2D eigenvalue weighted by Gasteiger charge is 2.19. The summed E-state index contributed by atoms with van der Waals surface area (Å²) in [6.07, 6.45) is 0. The van der Waals surface area contributed by atoms with E-state index in [-0.39, 0.29) is 36.0 Å². The van der Waals surface area contributed by atoms with Crippen molar-refractivity contribution in [3.05, 3.63) is 70.8 Å². The van der Waals surface area contributed by atoms with Gasteiger partial charge in [-0.05, 0) is 35.7 Å². The fraction of sp³-hybridized carbons (Fsp3) is 0.318. The Hall–Kier alpha value is -2.58. The second kappa shape index (κ2) is 10.6. The van der Waals surface area contributed by atoms with Gasteiger partial charge in [0.15, 0.2) is 11.0 Å². The van der Waals surface area contributed by atoms with Crippen LogP contribution in [0.3, 0.4) is 0 Å². The van der Waals surface area contributed by atoms with E-state index in [1.54, 1.807) is 28.8 Å². The predicted octanol–water partition coefficient (Wildman–Crippen LogP) is 4.79. The second-order valence-corrected chi connectivity index (χ2v) is 8.66. The minimum absolute atomic E-state index is 0.134. The van der Waals surface area contributed by atoms with Gasteiger partial charge >= 0.3 is 0 Å². The fourth-order valence-corrected chi connectivity index (χ4v) is 3.88. The van der Waals surface area contributed by atoms with Gasteiger partial charge in [0.05, 0.1) is 16.8 Å². The number of carbonyl (C=O) groups is 1. The van der Waals surface area contributed by atoms with Crippen LogP contribution in [0.15, 0.2) is 53.7 Å². The Morgan fingerprint density at radius 3 is 2.58 bits per heavy atom. The van der Waals surface area contributed by atoms with Gasteiger partial charge in [0.2, 0.25) is 5.91 Å². The summed E-state index contributed by atoms with van der Waals surface area (Å²) in [7, 11) is 1.82. The zero-order valence-electron chi connectivity index (χ0n) is 17.5. The molecule has 164 valence electrons. The molecule has 6 nitrogen and oxygen atoms in total. The van der Waals surface area contributed by atoms with Gasteiger partial charge in [0, 0.05) is 7.05 Å². The van der Waals surface area contributed by atoms with E-state index in [1.807, 2.05) is 33.0 Å². The van der Waals surface area contributed by atoms with Gasteiger partial charge in [-0.15, -0.1) is 10.2 Å². The molecule has 1 amide bonds. The molecular formula is C22H24ClFN4O2S. The molecule has 0 radical (unpaired) electrons. The number of nitrogens with zero attached hydrogens (tertiary/aromatic N) is 3. The molecule has 0 aliphatic rings. The standard InChI is InChI=1S/C22H24ClFN4O2S/c1-14(2)21(15-8-10-16(24)11-9-15)25-20(29)13-31-22-27-26-19(28(22)3)12-30-18-7-5-4-6-17(18)23/h4-11,14,21H,12-13H2,1-3H3,(H,25,29). The van der Waals surface area contributed by atoms with Crippen LogP contribution in [0, 0.1) is 11.7 Å². The van der Waals surface area contributed by atoms with Gasteiger partial charge in [-0.3, -0.25) is 4.79 Å². The highest BCUT2D eigenvalue weighted by Crippen LogP contribution is 2.25. The van der Waals surface area contributed by atoms with E-state index >= 15 is 0 Å². The van der Waals surface area contributed by atoms with Crippen LogP contribution in [0.25, 0.3) is 0 Å². The summed E-state index contributed by atoms with van der Waals surface area (Å²) in [4.78, 5) is 12.5. The molecule has 3 rings (SSSR count). The number of halogens is 2. The maximum absolute atomic E-state index is 13.2. The highest BCUT2D eigenvalue weighted by atomic mass is 35.5. The molecule has 1 aromatic heterocycles. The number of nitrogens with one attached hydrogen (secondary N) is 1. The molecule has 1 atom stereocenters. The molecule has 31 heavy (non-hydrogen) atoms. The molecule has 0 aliphatic heterocycles. The van der Waals surface area contributed by atoms with Crippen molar-refractivity contribution in [2.24, 2.45) is 13.0 Å². The Kier molecular flexibility index (Phi) is 7.92. The monoisotopic (exact) mass is 462 g/mol. The summed E-state index contributed by atoms with van der Waals surface area (Å²) in [6.45, 7) is 4.23. The van der Waals surface area contributed by atoms with Crippen molar-refractivity contribution in [1.29, 1.82) is 0 Å². The quantitative estimate of drug-likeness (QED) is 0.463. The average Bonchev–Trinajstić information content (AvgIpc) is 3.10. The Bertz CT molecular complexity index is 1030. The number of benzene rings is 2. The maximum Gasteiger partial charge on any atom is 0.230 e. The first-order chi connectivity index (χ1) is 14.8. The Balaban J connectivity index is 1.56. The summed E-state index contributed by atoms with van der Waals surface area (Å²) < 4.78 is 20.7. The van der Waals surface area contributed by atoms with Crippen LogP contribution in [0.4, 0.5) is 4.39 Å². The Morgan fingerprint density at radius 1 is 1.19 bits per heavy atom. The van der Waals surface area contributed by atoms with Crippen molar-refractivity contribution in [3.8, 4) is 5.75 Å². The molecular weight excluding hydrogens is 439 g/mol. The first-order valence-corrected chi connectivity index (χ1v) is 11.1. The summed E-state index contributed by atoms with van der Waals surface area (Å²) in [5.74, 6) is 1.09. The number of hydrogen-bond donors (Lipinski definition) is 1. The van der Waals surface area contributed by atoms with Gasteiger partial charge in [0.1, 0.15) is 18.2 Å². The second-order valence-electron chi connectivity index (χ2n) is 7.31. The third-order valence-corrected chi connectivity index (χ3v) is 6.00. The predicted molar refractivity (Wildman–Crippen MR) is 120 cm³/mol. The van der Waals surface area contributed by atoms with Crippen LogP contribution in [0.2, 0.25) is 5.02 Å². The van der Waals surface area contributed by atoms with E-state index in [1.165, 1.54) is 23.9 Å². The van der Waals surface area contributed by atoms with Gasteiger partial charge in [0.25, 0.3) is 0 Å². The minimum Gasteiger partial charge on any atom is -0.484 e. The number of ether oxygens (including phenoxy) is 1. The zero-order valence-corrected chi connectivity index (χ0v) is 19.1. The lowest BCUT2D eigenvalue weighted by Crippen LogP contribution is -2.33. The van der Waals surface area contributed by atoms with Crippen molar-refractivity contribution in [3.63, 3.8) is 0 Å². The number of rotatable bonds is 9. The molecule has 2 aromatic carbocycles.